The van der Waals surface area contributed by atoms with Crippen molar-refractivity contribution in [3.8, 4) is 5.75 Å². The molecule has 1 N–H and O–H groups in total. The molecule has 0 bridgehead atoms. The number of amides is 3. The number of imide groups is 1. The lowest BCUT2D eigenvalue weighted by molar-refractivity contribution is -0.131. The molecule has 0 aliphatic carbocycles. The van der Waals surface area contributed by atoms with Gasteiger partial charge in [0.1, 0.15) is 17.9 Å². The Labute approximate surface area is 160 Å². The van der Waals surface area contributed by atoms with E-state index in [2.05, 4.69) is 19.2 Å². The van der Waals surface area contributed by atoms with E-state index in [-0.39, 0.29) is 25.1 Å². The van der Waals surface area contributed by atoms with Crippen LogP contribution in [0.25, 0.3) is 0 Å². The molecule has 0 spiro atoms. The lowest BCUT2D eigenvalue weighted by atomic mass is 9.90. The Hall–Kier alpha value is -2.82. The molecule has 1 atom stereocenters. The van der Waals surface area contributed by atoms with E-state index >= 15 is 0 Å². The van der Waals surface area contributed by atoms with Crippen LogP contribution in [0.2, 0.25) is 0 Å². The molecule has 3 amide bonds. The number of carbonyl (C=O) groups excluding carboxylic acids is 2. The molecule has 2 aromatic rings. The highest BCUT2D eigenvalue weighted by molar-refractivity contribution is 6.07. The van der Waals surface area contributed by atoms with Crippen molar-refractivity contribution in [2.45, 2.75) is 39.2 Å². The molecule has 3 rings (SSSR count). The third-order valence-corrected chi connectivity index (χ3v) is 5.00. The molecule has 2 aromatic carbocycles. The average molecular weight is 366 g/mol. The molecule has 0 aromatic heterocycles. The third-order valence-electron chi connectivity index (χ3n) is 5.00. The molecule has 1 aliphatic heterocycles. The quantitative estimate of drug-likeness (QED) is 0.787. The Morgan fingerprint density at radius 1 is 1.11 bits per heavy atom. The van der Waals surface area contributed by atoms with E-state index in [0.29, 0.717) is 5.92 Å². The molecule has 0 radical (unpaired) electrons. The number of hydrogen-bond acceptors (Lipinski definition) is 3. The van der Waals surface area contributed by atoms with Gasteiger partial charge in [-0.15, -0.1) is 0 Å². The second-order valence-electron chi connectivity index (χ2n) is 7.45. The summed E-state index contributed by atoms with van der Waals surface area (Å²) in [5, 5.41) is 2.83. The highest BCUT2D eigenvalue weighted by Gasteiger charge is 2.48. The van der Waals surface area contributed by atoms with Crippen molar-refractivity contribution in [3.63, 3.8) is 0 Å². The standard InChI is InChI=1S/C22H26N2O3/c1-15(2)17-8-10-18(11-9-17)22(4)20(25)24(21(26)23-22)12-13-27-19-7-5-6-16(3)14-19/h5-11,14-15H,12-13H2,1-4H3,(H,23,26). The molecule has 0 saturated carbocycles. The van der Waals surface area contributed by atoms with Crippen LogP contribution in [0.3, 0.4) is 0 Å². The van der Waals surface area contributed by atoms with E-state index in [1.165, 1.54) is 10.5 Å². The fourth-order valence-electron chi connectivity index (χ4n) is 3.26. The van der Waals surface area contributed by atoms with Crippen LogP contribution in [0.4, 0.5) is 4.79 Å². The van der Waals surface area contributed by atoms with Gasteiger partial charge in [-0.25, -0.2) is 4.79 Å². The number of rotatable bonds is 6. The van der Waals surface area contributed by atoms with Crippen LogP contribution in [0.15, 0.2) is 48.5 Å². The van der Waals surface area contributed by atoms with Crippen molar-refractivity contribution in [1.82, 2.24) is 10.2 Å². The predicted octanol–water partition coefficient (Wildman–Crippen LogP) is 3.96. The minimum absolute atomic E-state index is 0.207. The summed E-state index contributed by atoms with van der Waals surface area (Å²) in [6.45, 7) is 8.44. The van der Waals surface area contributed by atoms with Gasteiger partial charge in [0.2, 0.25) is 0 Å². The molecule has 142 valence electrons. The number of nitrogens with one attached hydrogen (secondary N) is 1. The molecular formula is C22H26N2O3. The van der Waals surface area contributed by atoms with Gasteiger partial charge in [-0.3, -0.25) is 9.69 Å². The van der Waals surface area contributed by atoms with E-state index in [0.717, 1.165) is 16.9 Å². The summed E-state index contributed by atoms with van der Waals surface area (Å²) in [5.41, 5.74) is 2.03. The molecule has 1 aliphatic rings. The first-order valence-electron chi connectivity index (χ1n) is 9.25. The van der Waals surface area contributed by atoms with E-state index in [1.54, 1.807) is 6.92 Å². The van der Waals surface area contributed by atoms with Crippen molar-refractivity contribution in [1.29, 1.82) is 0 Å². The Morgan fingerprint density at radius 3 is 2.44 bits per heavy atom. The Bertz CT molecular complexity index is 845. The molecule has 5 nitrogen and oxygen atoms in total. The maximum atomic E-state index is 12.9. The summed E-state index contributed by atoms with van der Waals surface area (Å²) in [5.74, 6) is 0.891. The number of aryl methyl sites for hydroxylation is 1. The zero-order chi connectivity index (χ0) is 19.6. The van der Waals surface area contributed by atoms with E-state index in [1.807, 2.05) is 55.5 Å². The smallest absolute Gasteiger partial charge is 0.325 e. The van der Waals surface area contributed by atoms with Gasteiger partial charge in [-0.2, -0.15) is 0 Å². The zero-order valence-electron chi connectivity index (χ0n) is 16.3. The molecule has 1 saturated heterocycles. The van der Waals surface area contributed by atoms with Crippen molar-refractivity contribution < 1.29 is 14.3 Å². The molecule has 1 fully saturated rings. The number of carbonyl (C=O) groups is 2. The van der Waals surface area contributed by atoms with Crippen LogP contribution in [0.1, 0.15) is 43.4 Å². The van der Waals surface area contributed by atoms with Crippen LogP contribution in [0.5, 0.6) is 5.75 Å². The van der Waals surface area contributed by atoms with Crippen molar-refractivity contribution >= 4 is 11.9 Å². The van der Waals surface area contributed by atoms with Crippen molar-refractivity contribution in [2.75, 3.05) is 13.2 Å². The molecule has 5 heteroatoms. The maximum absolute atomic E-state index is 12.9. The fraction of sp³-hybridized carbons (Fsp3) is 0.364. The van der Waals surface area contributed by atoms with Gasteiger partial charge in [-0.05, 0) is 48.6 Å². The van der Waals surface area contributed by atoms with E-state index < -0.39 is 5.54 Å². The Balaban J connectivity index is 1.68. The highest BCUT2D eigenvalue weighted by atomic mass is 16.5. The highest BCUT2D eigenvalue weighted by Crippen LogP contribution is 2.29. The zero-order valence-corrected chi connectivity index (χ0v) is 16.3. The van der Waals surface area contributed by atoms with Gasteiger partial charge in [-0.1, -0.05) is 50.2 Å². The number of urea groups is 1. The van der Waals surface area contributed by atoms with Gasteiger partial charge in [0, 0.05) is 0 Å². The SMILES string of the molecule is Cc1cccc(OCCN2C(=O)NC(C)(c3ccc(C(C)C)cc3)C2=O)c1. The molecular weight excluding hydrogens is 340 g/mol. The minimum atomic E-state index is -1.05. The van der Waals surface area contributed by atoms with Crippen molar-refractivity contribution in [3.05, 3.63) is 65.2 Å². The molecule has 27 heavy (non-hydrogen) atoms. The van der Waals surface area contributed by atoms with Crippen LogP contribution in [-0.4, -0.2) is 30.0 Å². The summed E-state index contributed by atoms with van der Waals surface area (Å²) in [4.78, 5) is 26.6. The lowest BCUT2D eigenvalue weighted by Crippen LogP contribution is -2.41. The van der Waals surface area contributed by atoms with Crippen LogP contribution < -0.4 is 10.1 Å². The second-order valence-corrected chi connectivity index (χ2v) is 7.45. The van der Waals surface area contributed by atoms with Crippen LogP contribution in [-0.2, 0) is 10.3 Å². The summed E-state index contributed by atoms with van der Waals surface area (Å²) in [6.07, 6.45) is 0. The number of hydrogen-bond donors (Lipinski definition) is 1. The second kappa shape index (κ2) is 7.43. The Morgan fingerprint density at radius 2 is 1.81 bits per heavy atom. The number of ether oxygens (including phenoxy) is 1. The first kappa shape index (κ1) is 19.0. The first-order valence-corrected chi connectivity index (χ1v) is 9.25. The monoisotopic (exact) mass is 366 g/mol. The lowest BCUT2D eigenvalue weighted by Gasteiger charge is -2.23. The van der Waals surface area contributed by atoms with Gasteiger partial charge in [0.15, 0.2) is 0 Å². The normalized spacial score (nSPS) is 19.5. The van der Waals surface area contributed by atoms with Crippen molar-refractivity contribution in [2.24, 2.45) is 0 Å². The maximum Gasteiger partial charge on any atom is 0.325 e. The number of nitrogens with zero attached hydrogens (tertiary/aromatic N) is 1. The molecule has 1 heterocycles. The van der Waals surface area contributed by atoms with E-state index in [9.17, 15) is 9.59 Å². The summed E-state index contributed by atoms with van der Waals surface area (Å²) < 4.78 is 5.69. The van der Waals surface area contributed by atoms with E-state index in [4.69, 9.17) is 4.74 Å². The Kier molecular flexibility index (Phi) is 5.22. The van der Waals surface area contributed by atoms with Gasteiger partial charge in [0.25, 0.3) is 5.91 Å². The van der Waals surface area contributed by atoms with Gasteiger partial charge >= 0.3 is 6.03 Å². The van der Waals surface area contributed by atoms with Gasteiger partial charge in [0.05, 0.1) is 6.54 Å². The number of benzene rings is 2. The third kappa shape index (κ3) is 3.82. The minimum Gasteiger partial charge on any atom is -0.492 e. The fourth-order valence-corrected chi connectivity index (χ4v) is 3.26. The first-order chi connectivity index (χ1) is 12.8. The van der Waals surface area contributed by atoms with Gasteiger partial charge < -0.3 is 10.1 Å². The average Bonchev–Trinajstić information content (AvgIpc) is 2.86. The van der Waals surface area contributed by atoms with Crippen LogP contribution in [0, 0.1) is 6.92 Å². The van der Waals surface area contributed by atoms with Crippen LogP contribution >= 0.6 is 0 Å². The summed E-state index contributed by atoms with van der Waals surface area (Å²) in [6, 6.07) is 15.1. The topological polar surface area (TPSA) is 58.6 Å². The summed E-state index contributed by atoms with van der Waals surface area (Å²) >= 11 is 0. The summed E-state index contributed by atoms with van der Waals surface area (Å²) in [7, 11) is 0. The predicted molar refractivity (Wildman–Crippen MR) is 105 cm³/mol. The molecule has 1 unspecified atom stereocenters. The largest absolute Gasteiger partial charge is 0.492 e.